The van der Waals surface area contributed by atoms with Gasteiger partial charge in [-0.3, -0.25) is 0 Å². The van der Waals surface area contributed by atoms with Gasteiger partial charge >= 0.3 is 11.8 Å². The number of phenols is 1. The molecule has 0 bridgehead atoms. The molecule has 0 saturated carbocycles. The van der Waals surface area contributed by atoms with Gasteiger partial charge in [-0.25, -0.2) is 4.79 Å². The summed E-state index contributed by atoms with van der Waals surface area (Å²) >= 11 is 0. The summed E-state index contributed by atoms with van der Waals surface area (Å²) < 4.78 is 43.1. The van der Waals surface area contributed by atoms with Gasteiger partial charge in [0, 0.05) is 17.0 Å². The number of benzene rings is 1. The summed E-state index contributed by atoms with van der Waals surface area (Å²) in [6, 6.07) is 3.16. The van der Waals surface area contributed by atoms with Crippen molar-refractivity contribution in [1.82, 2.24) is 0 Å². The van der Waals surface area contributed by atoms with Crippen LogP contribution in [-0.4, -0.2) is 5.11 Å². The number of halogens is 3. The lowest BCUT2D eigenvalue weighted by Crippen LogP contribution is -2.16. The van der Waals surface area contributed by atoms with Crippen LogP contribution in [0.15, 0.2) is 27.4 Å². The van der Waals surface area contributed by atoms with Crippen LogP contribution in [0.4, 0.5) is 13.2 Å². The molecule has 90 valence electrons. The second kappa shape index (κ2) is 3.51. The highest BCUT2D eigenvalue weighted by Crippen LogP contribution is 2.36. The van der Waals surface area contributed by atoms with E-state index in [0.717, 1.165) is 25.1 Å². The molecule has 0 aliphatic heterocycles. The van der Waals surface area contributed by atoms with Crippen LogP contribution >= 0.6 is 0 Å². The molecule has 1 aromatic heterocycles. The molecule has 0 spiro atoms. The van der Waals surface area contributed by atoms with Crippen LogP contribution in [0.3, 0.4) is 0 Å². The fourth-order valence-electron chi connectivity index (χ4n) is 1.65. The van der Waals surface area contributed by atoms with Crippen LogP contribution in [0.2, 0.25) is 0 Å². The number of rotatable bonds is 0. The van der Waals surface area contributed by atoms with Gasteiger partial charge < -0.3 is 9.52 Å². The maximum atomic E-state index is 12.8. The summed E-state index contributed by atoms with van der Waals surface area (Å²) in [6.45, 7) is 1.06. The Morgan fingerprint density at radius 1 is 1.29 bits per heavy atom. The molecule has 0 aliphatic rings. The molecule has 1 N–H and O–H groups in total. The smallest absolute Gasteiger partial charge is 0.417 e. The van der Waals surface area contributed by atoms with Crippen molar-refractivity contribution in [2.45, 2.75) is 13.1 Å². The van der Waals surface area contributed by atoms with Gasteiger partial charge in [-0.2, -0.15) is 13.2 Å². The summed E-state index contributed by atoms with van der Waals surface area (Å²) in [4.78, 5) is 11.3. The Labute approximate surface area is 93.1 Å². The molecule has 0 atom stereocenters. The SMILES string of the molecule is Cc1c(C(F)(F)F)c2ccc(O)cc2oc1=O. The average Bonchev–Trinajstić information content (AvgIpc) is 2.18. The monoisotopic (exact) mass is 244 g/mol. The molecule has 6 heteroatoms. The third-order valence-corrected chi connectivity index (χ3v) is 2.40. The van der Waals surface area contributed by atoms with E-state index in [1.807, 2.05) is 0 Å². The predicted molar refractivity (Wildman–Crippen MR) is 53.9 cm³/mol. The number of aromatic hydroxyl groups is 1. The Kier molecular flexibility index (Phi) is 2.38. The van der Waals surface area contributed by atoms with Crippen LogP contribution in [0.1, 0.15) is 11.1 Å². The minimum atomic E-state index is -4.64. The second-order valence-electron chi connectivity index (χ2n) is 3.57. The van der Waals surface area contributed by atoms with Gasteiger partial charge in [0.05, 0.1) is 5.56 Å². The molecular formula is C11H7F3O3. The molecule has 0 amide bonds. The lowest BCUT2D eigenvalue weighted by Gasteiger charge is -2.11. The molecule has 0 saturated heterocycles. The molecule has 0 unspecified atom stereocenters. The summed E-state index contributed by atoms with van der Waals surface area (Å²) in [5.41, 5.74) is -2.86. The molecule has 17 heavy (non-hydrogen) atoms. The topological polar surface area (TPSA) is 50.4 Å². The highest BCUT2D eigenvalue weighted by Gasteiger charge is 2.36. The zero-order valence-electron chi connectivity index (χ0n) is 8.63. The number of hydrogen-bond donors (Lipinski definition) is 1. The molecule has 3 nitrogen and oxygen atoms in total. The van der Waals surface area contributed by atoms with Gasteiger partial charge in [-0.1, -0.05) is 0 Å². The molecule has 2 aromatic rings. The third kappa shape index (κ3) is 1.86. The summed E-state index contributed by atoms with van der Waals surface area (Å²) in [6.07, 6.45) is -4.64. The number of phenolic OH excluding ortho intramolecular Hbond substituents is 1. The van der Waals surface area contributed by atoms with Gasteiger partial charge in [-0.05, 0) is 19.1 Å². The van der Waals surface area contributed by atoms with E-state index >= 15 is 0 Å². The zero-order valence-corrected chi connectivity index (χ0v) is 8.63. The summed E-state index contributed by atoms with van der Waals surface area (Å²) in [5, 5.41) is 8.90. The van der Waals surface area contributed by atoms with E-state index < -0.39 is 22.9 Å². The highest BCUT2D eigenvalue weighted by molar-refractivity contribution is 5.83. The second-order valence-corrected chi connectivity index (χ2v) is 3.57. The van der Waals surface area contributed by atoms with E-state index in [4.69, 9.17) is 9.52 Å². The maximum absolute atomic E-state index is 12.8. The molecule has 1 aromatic carbocycles. The first kappa shape index (κ1) is 11.5. The van der Waals surface area contributed by atoms with Crippen molar-refractivity contribution in [2.75, 3.05) is 0 Å². The predicted octanol–water partition coefficient (Wildman–Crippen LogP) is 2.83. The zero-order chi connectivity index (χ0) is 12.8. The van der Waals surface area contributed by atoms with Crippen molar-refractivity contribution in [3.05, 3.63) is 39.7 Å². The highest BCUT2D eigenvalue weighted by atomic mass is 19.4. The van der Waals surface area contributed by atoms with E-state index in [0.29, 0.717) is 0 Å². The standard InChI is InChI=1S/C11H7F3O3/c1-5-9(11(12,13)14)7-3-2-6(15)4-8(7)17-10(5)16/h2-4,15H,1H3. The number of fused-ring (bicyclic) bond motifs is 1. The first-order valence-corrected chi connectivity index (χ1v) is 4.64. The quantitative estimate of drug-likeness (QED) is 0.725. The number of alkyl halides is 3. The Balaban J connectivity index is 2.98. The van der Waals surface area contributed by atoms with E-state index in [1.54, 1.807) is 0 Å². The van der Waals surface area contributed by atoms with Crippen LogP contribution in [0, 0.1) is 6.92 Å². The van der Waals surface area contributed by atoms with E-state index in [2.05, 4.69) is 0 Å². The average molecular weight is 244 g/mol. The fraction of sp³-hybridized carbons (Fsp3) is 0.182. The van der Waals surface area contributed by atoms with Crippen molar-refractivity contribution in [3.63, 3.8) is 0 Å². The molecule has 0 radical (unpaired) electrons. The lowest BCUT2D eigenvalue weighted by atomic mass is 10.1. The van der Waals surface area contributed by atoms with E-state index in [-0.39, 0.29) is 16.7 Å². The van der Waals surface area contributed by atoms with Crippen LogP contribution in [0.5, 0.6) is 5.75 Å². The van der Waals surface area contributed by atoms with E-state index in [9.17, 15) is 18.0 Å². The third-order valence-electron chi connectivity index (χ3n) is 2.40. The van der Waals surface area contributed by atoms with E-state index in [1.165, 1.54) is 0 Å². The molecule has 1 heterocycles. The van der Waals surface area contributed by atoms with Crippen molar-refractivity contribution >= 4 is 11.0 Å². The van der Waals surface area contributed by atoms with Gasteiger partial charge in [0.2, 0.25) is 0 Å². The number of hydrogen-bond acceptors (Lipinski definition) is 3. The summed E-state index contributed by atoms with van der Waals surface area (Å²) in [7, 11) is 0. The van der Waals surface area contributed by atoms with Gasteiger partial charge in [0.25, 0.3) is 0 Å². The fourth-order valence-corrected chi connectivity index (χ4v) is 1.65. The molecular weight excluding hydrogens is 237 g/mol. The minimum Gasteiger partial charge on any atom is -0.508 e. The van der Waals surface area contributed by atoms with Gasteiger partial charge in [0.1, 0.15) is 11.3 Å². The van der Waals surface area contributed by atoms with Crippen LogP contribution < -0.4 is 5.63 Å². The Morgan fingerprint density at radius 3 is 2.53 bits per heavy atom. The Hall–Kier alpha value is -1.98. The van der Waals surface area contributed by atoms with Crippen LogP contribution in [0.25, 0.3) is 11.0 Å². The van der Waals surface area contributed by atoms with Gasteiger partial charge in [0.15, 0.2) is 0 Å². The first-order chi connectivity index (χ1) is 7.80. The lowest BCUT2D eigenvalue weighted by molar-refractivity contribution is -0.137. The van der Waals surface area contributed by atoms with Crippen LogP contribution in [-0.2, 0) is 6.18 Å². The Morgan fingerprint density at radius 2 is 1.94 bits per heavy atom. The minimum absolute atomic E-state index is 0.243. The van der Waals surface area contributed by atoms with Crippen molar-refractivity contribution < 1.29 is 22.7 Å². The van der Waals surface area contributed by atoms with Gasteiger partial charge in [-0.15, -0.1) is 0 Å². The molecule has 0 aliphatic carbocycles. The maximum Gasteiger partial charge on any atom is 0.417 e. The Bertz CT molecular complexity index is 641. The molecule has 2 rings (SSSR count). The first-order valence-electron chi connectivity index (χ1n) is 4.64. The van der Waals surface area contributed by atoms with Crippen molar-refractivity contribution in [2.24, 2.45) is 0 Å². The summed E-state index contributed by atoms with van der Waals surface area (Å²) in [5.74, 6) is -0.266. The normalized spacial score (nSPS) is 12.0. The molecule has 0 fully saturated rings. The largest absolute Gasteiger partial charge is 0.508 e. The van der Waals surface area contributed by atoms with Crippen molar-refractivity contribution in [3.8, 4) is 5.75 Å². The van der Waals surface area contributed by atoms with Crippen molar-refractivity contribution in [1.29, 1.82) is 0 Å².